The van der Waals surface area contributed by atoms with E-state index in [0.29, 0.717) is 11.8 Å². The summed E-state index contributed by atoms with van der Waals surface area (Å²) in [5.41, 5.74) is 2.41. The van der Waals surface area contributed by atoms with Gasteiger partial charge in [0.2, 0.25) is 0 Å². The van der Waals surface area contributed by atoms with Crippen LogP contribution < -0.4 is 9.47 Å². The molecule has 0 aromatic heterocycles. The van der Waals surface area contributed by atoms with E-state index in [1.807, 2.05) is 0 Å². The predicted octanol–water partition coefficient (Wildman–Crippen LogP) is 8.54. The van der Waals surface area contributed by atoms with Gasteiger partial charge in [0.05, 0.1) is 13.2 Å². The molecule has 2 nitrogen and oxygen atoms in total. The Hall–Kier alpha value is -1.96. The molecule has 166 valence electrons. The molecule has 2 aromatic rings. The number of benzene rings is 2. The Labute approximate surface area is 185 Å². The smallest absolute Gasteiger partial charge is 0.119 e. The summed E-state index contributed by atoms with van der Waals surface area (Å²) in [6.07, 6.45) is 10.3. The maximum atomic E-state index is 5.98. The summed E-state index contributed by atoms with van der Waals surface area (Å²) in [5.74, 6) is 3.13. The van der Waals surface area contributed by atoms with E-state index in [1.165, 1.54) is 62.5 Å². The van der Waals surface area contributed by atoms with Gasteiger partial charge in [-0.2, -0.15) is 0 Å². The van der Waals surface area contributed by atoms with Crippen LogP contribution in [0.2, 0.25) is 0 Å². The second-order valence-electron chi connectivity index (χ2n) is 8.87. The highest BCUT2D eigenvalue weighted by atomic mass is 16.5. The summed E-state index contributed by atoms with van der Waals surface area (Å²) in [4.78, 5) is 0. The molecule has 0 aliphatic heterocycles. The average molecular weight is 411 g/mol. The Balaban J connectivity index is 1.78. The summed E-state index contributed by atoms with van der Waals surface area (Å²) >= 11 is 0. The Bertz CT molecular complexity index is 613. The Morgan fingerprint density at radius 2 is 0.933 bits per heavy atom. The van der Waals surface area contributed by atoms with Crippen molar-refractivity contribution < 1.29 is 9.47 Å². The standard InChI is InChI=1S/C28H42O2/c1-5-7-9-11-23(3)21-29-27-17-13-25(14-18-27)26-15-19-28(20-16-26)30-22-24(4)12-10-8-6-2/h13-20,23-24H,5-12,21-22H2,1-4H3. The third-order valence-corrected chi connectivity index (χ3v) is 5.71. The molecule has 0 amide bonds. The van der Waals surface area contributed by atoms with E-state index in [4.69, 9.17) is 9.47 Å². The molecule has 2 aromatic carbocycles. The fourth-order valence-corrected chi connectivity index (χ4v) is 3.62. The molecule has 0 saturated carbocycles. The van der Waals surface area contributed by atoms with Gasteiger partial charge in [-0.1, -0.05) is 90.5 Å². The molecule has 0 bridgehead atoms. The van der Waals surface area contributed by atoms with Gasteiger partial charge in [0.1, 0.15) is 11.5 Å². The Morgan fingerprint density at radius 1 is 0.567 bits per heavy atom. The lowest BCUT2D eigenvalue weighted by molar-refractivity contribution is 0.249. The van der Waals surface area contributed by atoms with E-state index < -0.39 is 0 Å². The van der Waals surface area contributed by atoms with Gasteiger partial charge in [-0.3, -0.25) is 0 Å². The highest BCUT2D eigenvalue weighted by Gasteiger charge is 2.06. The van der Waals surface area contributed by atoms with Crippen LogP contribution in [0.15, 0.2) is 48.5 Å². The van der Waals surface area contributed by atoms with Crippen molar-refractivity contribution in [2.75, 3.05) is 13.2 Å². The van der Waals surface area contributed by atoms with Crippen molar-refractivity contribution in [1.29, 1.82) is 0 Å². The lowest BCUT2D eigenvalue weighted by atomic mass is 10.0. The Kier molecular flexibility index (Phi) is 11.4. The lowest BCUT2D eigenvalue weighted by Crippen LogP contribution is -2.08. The summed E-state index contributed by atoms with van der Waals surface area (Å²) in [6.45, 7) is 10.6. The van der Waals surface area contributed by atoms with Crippen LogP contribution in [0.4, 0.5) is 0 Å². The predicted molar refractivity (Wildman–Crippen MR) is 129 cm³/mol. The zero-order chi connectivity index (χ0) is 21.6. The molecule has 2 heteroatoms. The first-order valence-corrected chi connectivity index (χ1v) is 12.1. The molecule has 0 N–H and O–H groups in total. The van der Waals surface area contributed by atoms with E-state index in [9.17, 15) is 0 Å². The summed E-state index contributed by atoms with van der Waals surface area (Å²) in [5, 5.41) is 0. The van der Waals surface area contributed by atoms with Crippen molar-refractivity contribution in [2.24, 2.45) is 11.8 Å². The second kappa shape index (κ2) is 14.1. The van der Waals surface area contributed by atoms with Gasteiger partial charge in [0.15, 0.2) is 0 Å². The highest BCUT2D eigenvalue weighted by molar-refractivity contribution is 5.64. The average Bonchev–Trinajstić information content (AvgIpc) is 2.77. The van der Waals surface area contributed by atoms with Crippen molar-refractivity contribution in [3.63, 3.8) is 0 Å². The first-order valence-electron chi connectivity index (χ1n) is 12.1. The van der Waals surface area contributed by atoms with E-state index >= 15 is 0 Å². The molecule has 30 heavy (non-hydrogen) atoms. The molecule has 0 aliphatic rings. The normalized spacial score (nSPS) is 13.1. The van der Waals surface area contributed by atoms with E-state index in [1.54, 1.807) is 0 Å². The molecule has 0 heterocycles. The molecule has 0 spiro atoms. The molecular formula is C28H42O2. The first kappa shape index (κ1) is 24.3. The largest absolute Gasteiger partial charge is 0.493 e. The minimum atomic E-state index is 0.609. The molecule has 0 radical (unpaired) electrons. The van der Waals surface area contributed by atoms with E-state index in [2.05, 4.69) is 76.2 Å². The van der Waals surface area contributed by atoms with Crippen molar-refractivity contribution in [1.82, 2.24) is 0 Å². The number of ether oxygens (including phenoxy) is 2. The van der Waals surface area contributed by atoms with Crippen LogP contribution in [-0.2, 0) is 0 Å². The minimum Gasteiger partial charge on any atom is -0.493 e. The van der Waals surface area contributed by atoms with Gasteiger partial charge >= 0.3 is 0 Å². The van der Waals surface area contributed by atoms with E-state index in [0.717, 1.165) is 24.7 Å². The van der Waals surface area contributed by atoms with Crippen molar-refractivity contribution >= 4 is 0 Å². The van der Waals surface area contributed by atoms with Gasteiger partial charge in [-0.15, -0.1) is 0 Å². The summed E-state index contributed by atoms with van der Waals surface area (Å²) in [6, 6.07) is 16.9. The van der Waals surface area contributed by atoms with Crippen LogP contribution in [0, 0.1) is 11.8 Å². The van der Waals surface area contributed by atoms with Crippen molar-refractivity contribution in [3.05, 3.63) is 48.5 Å². The van der Waals surface area contributed by atoms with Crippen molar-refractivity contribution in [2.45, 2.75) is 79.1 Å². The molecule has 2 atom stereocenters. The third-order valence-electron chi connectivity index (χ3n) is 5.71. The monoisotopic (exact) mass is 410 g/mol. The Morgan fingerprint density at radius 3 is 1.27 bits per heavy atom. The molecule has 0 fully saturated rings. The van der Waals surface area contributed by atoms with Gasteiger partial charge in [-0.05, 0) is 60.1 Å². The molecular weight excluding hydrogens is 368 g/mol. The van der Waals surface area contributed by atoms with Crippen LogP contribution in [-0.4, -0.2) is 13.2 Å². The first-order chi connectivity index (χ1) is 14.6. The number of hydrogen-bond donors (Lipinski definition) is 0. The zero-order valence-electron chi connectivity index (χ0n) is 19.7. The zero-order valence-corrected chi connectivity index (χ0v) is 19.7. The highest BCUT2D eigenvalue weighted by Crippen LogP contribution is 2.25. The summed E-state index contributed by atoms with van der Waals surface area (Å²) in [7, 11) is 0. The fraction of sp³-hybridized carbons (Fsp3) is 0.571. The van der Waals surface area contributed by atoms with Crippen LogP contribution in [0.1, 0.15) is 79.1 Å². The van der Waals surface area contributed by atoms with Crippen LogP contribution in [0.25, 0.3) is 11.1 Å². The van der Waals surface area contributed by atoms with Crippen LogP contribution in [0.3, 0.4) is 0 Å². The number of rotatable bonds is 15. The third kappa shape index (κ3) is 9.24. The lowest BCUT2D eigenvalue weighted by Gasteiger charge is -2.14. The molecule has 2 unspecified atom stereocenters. The van der Waals surface area contributed by atoms with E-state index in [-0.39, 0.29) is 0 Å². The van der Waals surface area contributed by atoms with Crippen LogP contribution >= 0.6 is 0 Å². The summed E-state index contributed by atoms with van der Waals surface area (Å²) < 4.78 is 12.0. The quantitative estimate of drug-likeness (QED) is 0.274. The van der Waals surface area contributed by atoms with Gasteiger partial charge in [0, 0.05) is 0 Å². The fourth-order valence-electron chi connectivity index (χ4n) is 3.62. The van der Waals surface area contributed by atoms with Gasteiger partial charge in [-0.25, -0.2) is 0 Å². The van der Waals surface area contributed by atoms with Crippen LogP contribution in [0.5, 0.6) is 11.5 Å². The van der Waals surface area contributed by atoms with Gasteiger partial charge < -0.3 is 9.47 Å². The SMILES string of the molecule is CCCCCC(C)COc1ccc(-c2ccc(OCC(C)CCCCC)cc2)cc1. The second-order valence-corrected chi connectivity index (χ2v) is 8.87. The molecule has 0 aliphatic carbocycles. The molecule has 0 saturated heterocycles. The molecule has 2 rings (SSSR count). The van der Waals surface area contributed by atoms with Gasteiger partial charge in [0.25, 0.3) is 0 Å². The van der Waals surface area contributed by atoms with Crippen molar-refractivity contribution in [3.8, 4) is 22.6 Å². The number of hydrogen-bond acceptors (Lipinski definition) is 2. The topological polar surface area (TPSA) is 18.5 Å². The maximum Gasteiger partial charge on any atom is 0.119 e. The maximum absolute atomic E-state index is 5.98. The number of unbranched alkanes of at least 4 members (excludes halogenated alkanes) is 4. The minimum absolute atomic E-state index is 0.609.